The molecule has 0 saturated carbocycles. The van der Waals surface area contributed by atoms with Gasteiger partial charge in [0.05, 0.1) is 12.1 Å². The average Bonchev–Trinajstić information content (AvgIpc) is 2.25. The van der Waals surface area contributed by atoms with Gasteiger partial charge in [0, 0.05) is 18.3 Å². The molecule has 8 heteroatoms. The van der Waals surface area contributed by atoms with Gasteiger partial charge in [0.2, 0.25) is 0 Å². The number of alkyl halides is 5. The molecule has 19 heavy (non-hydrogen) atoms. The molecule has 2 nitrogen and oxygen atoms in total. The van der Waals surface area contributed by atoms with E-state index in [1.165, 1.54) is 7.05 Å². The predicted molar refractivity (Wildman–Crippen MR) is 66.6 cm³/mol. The number of nitrogens with zero attached hydrogens (tertiary/aromatic N) is 1. The first-order valence-corrected chi connectivity index (χ1v) is 5.54. The Morgan fingerprint density at radius 1 is 1.37 bits per heavy atom. The monoisotopic (exact) mass is 298 g/mol. The van der Waals surface area contributed by atoms with Crippen LogP contribution in [0.25, 0.3) is 0 Å². The lowest BCUT2D eigenvalue weighted by Gasteiger charge is -2.21. The van der Waals surface area contributed by atoms with Crippen LogP contribution in [0.4, 0.5) is 27.6 Å². The van der Waals surface area contributed by atoms with Gasteiger partial charge in [-0.05, 0) is 18.2 Å². The first-order valence-electron chi connectivity index (χ1n) is 5.13. The van der Waals surface area contributed by atoms with Crippen molar-refractivity contribution in [2.24, 2.45) is 5.73 Å². The molecule has 0 aromatic heterocycles. The van der Waals surface area contributed by atoms with Crippen molar-refractivity contribution in [3.63, 3.8) is 0 Å². The number of thiocarbonyl (C=S) groups is 1. The molecule has 0 spiro atoms. The number of nitrogens with two attached hydrogens (primary N) is 1. The van der Waals surface area contributed by atoms with Crippen LogP contribution in [0.5, 0.6) is 0 Å². The van der Waals surface area contributed by atoms with E-state index in [0.717, 1.165) is 23.1 Å². The van der Waals surface area contributed by atoms with E-state index in [9.17, 15) is 22.0 Å². The molecule has 0 aliphatic heterocycles. The van der Waals surface area contributed by atoms with E-state index in [4.69, 9.17) is 5.73 Å². The Bertz CT molecular complexity index is 473. The summed E-state index contributed by atoms with van der Waals surface area (Å²) in [6.07, 6.45) is -7.20. The fourth-order valence-corrected chi connectivity index (χ4v) is 1.70. The van der Waals surface area contributed by atoms with Crippen LogP contribution in [0.2, 0.25) is 0 Å². The maximum atomic E-state index is 12.7. The smallest absolute Gasteiger partial charge is 0.389 e. The van der Waals surface area contributed by atoms with E-state index in [0.29, 0.717) is 0 Å². The molecule has 0 atom stereocenters. The molecule has 1 aromatic rings. The molecule has 0 saturated heterocycles. The van der Waals surface area contributed by atoms with Crippen LogP contribution >= 0.6 is 12.2 Å². The van der Waals surface area contributed by atoms with Crippen LogP contribution in [0, 0.1) is 0 Å². The molecule has 0 aliphatic rings. The van der Waals surface area contributed by atoms with Crippen LogP contribution in [-0.4, -0.2) is 25.0 Å². The Kier molecular flexibility index (Phi) is 4.67. The van der Waals surface area contributed by atoms with Gasteiger partial charge in [0.15, 0.2) is 0 Å². The van der Waals surface area contributed by atoms with Gasteiger partial charge in [-0.3, -0.25) is 0 Å². The van der Waals surface area contributed by atoms with Crippen molar-refractivity contribution in [1.82, 2.24) is 0 Å². The van der Waals surface area contributed by atoms with Crippen LogP contribution in [0.3, 0.4) is 0 Å². The second-order valence-electron chi connectivity index (χ2n) is 3.86. The second kappa shape index (κ2) is 5.68. The highest BCUT2D eigenvalue weighted by Gasteiger charge is 2.34. The molecule has 0 unspecified atom stereocenters. The van der Waals surface area contributed by atoms with Crippen LogP contribution in [-0.2, 0) is 6.18 Å². The van der Waals surface area contributed by atoms with Gasteiger partial charge in [-0.2, -0.15) is 13.2 Å². The van der Waals surface area contributed by atoms with Crippen molar-refractivity contribution < 1.29 is 22.0 Å². The minimum absolute atomic E-state index is 0.191. The number of hydrogen-bond donors (Lipinski definition) is 1. The topological polar surface area (TPSA) is 29.3 Å². The molecule has 0 amide bonds. The zero-order valence-electron chi connectivity index (χ0n) is 9.84. The van der Waals surface area contributed by atoms with E-state index in [-0.39, 0.29) is 11.3 Å². The highest BCUT2D eigenvalue weighted by Crippen LogP contribution is 2.34. The van der Waals surface area contributed by atoms with Gasteiger partial charge in [0.1, 0.15) is 4.99 Å². The second-order valence-corrected chi connectivity index (χ2v) is 4.30. The maximum Gasteiger partial charge on any atom is 0.417 e. The summed E-state index contributed by atoms with van der Waals surface area (Å²) in [4.78, 5) is 0.701. The number of anilines is 1. The minimum Gasteiger partial charge on any atom is -0.389 e. The summed E-state index contributed by atoms with van der Waals surface area (Å²) < 4.78 is 62.6. The molecule has 2 N–H and O–H groups in total. The van der Waals surface area contributed by atoms with E-state index in [2.05, 4.69) is 12.2 Å². The SMILES string of the molecule is CN(CC(F)F)c1ccc(C(F)(F)F)c(C(N)=S)c1. The number of halogens is 5. The summed E-state index contributed by atoms with van der Waals surface area (Å²) in [7, 11) is 1.35. The molecule has 1 aromatic carbocycles. The van der Waals surface area contributed by atoms with E-state index in [1.54, 1.807) is 0 Å². The quantitative estimate of drug-likeness (QED) is 0.684. The van der Waals surface area contributed by atoms with Gasteiger partial charge in [0.25, 0.3) is 6.43 Å². The van der Waals surface area contributed by atoms with E-state index in [1.807, 2.05) is 0 Å². The van der Waals surface area contributed by atoms with E-state index >= 15 is 0 Å². The van der Waals surface area contributed by atoms with Crippen molar-refractivity contribution >= 4 is 22.9 Å². The average molecular weight is 298 g/mol. The largest absolute Gasteiger partial charge is 0.417 e. The lowest BCUT2D eigenvalue weighted by atomic mass is 10.1. The Labute approximate surface area is 112 Å². The lowest BCUT2D eigenvalue weighted by Crippen LogP contribution is -2.25. The summed E-state index contributed by atoms with van der Waals surface area (Å²) in [5.74, 6) is 0. The lowest BCUT2D eigenvalue weighted by molar-refractivity contribution is -0.137. The third-order valence-corrected chi connectivity index (χ3v) is 2.65. The summed E-state index contributed by atoms with van der Waals surface area (Å²) in [6, 6.07) is 2.95. The van der Waals surface area contributed by atoms with Crippen LogP contribution in [0.15, 0.2) is 18.2 Å². The number of hydrogen-bond acceptors (Lipinski definition) is 2. The van der Waals surface area contributed by atoms with Gasteiger partial charge in [-0.1, -0.05) is 12.2 Å². The normalized spacial score (nSPS) is 11.7. The number of rotatable bonds is 4. The zero-order valence-corrected chi connectivity index (χ0v) is 10.7. The van der Waals surface area contributed by atoms with Crippen molar-refractivity contribution in [3.05, 3.63) is 29.3 Å². The fraction of sp³-hybridized carbons (Fsp3) is 0.364. The molecular weight excluding hydrogens is 287 g/mol. The maximum absolute atomic E-state index is 12.7. The predicted octanol–water partition coefficient (Wildman–Crippen LogP) is 3.04. The van der Waals surface area contributed by atoms with Gasteiger partial charge in [-0.15, -0.1) is 0 Å². The summed E-state index contributed by atoms with van der Waals surface area (Å²) >= 11 is 4.56. The van der Waals surface area contributed by atoms with Crippen molar-refractivity contribution in [2.45, 2.75) is 12.6 Å². The molecule has 0 fully saturated rings. The summed E-state index contributed by atoms with van der Waals surface area (Å²) in [6.45, 7) is -0.595. The van der Waals surface area contributed by atoms with Crippen LogP contribution < -0.4 is 10.6 Å². The van der Waals surface area contributed by atoms with Gasteiger partial charge >= 0.3 is 6.18 Å². The molecule has 106 valence electrons. The van der Waals surface area contributed by atoms with Crippen LogP contribution in [0.1, 0.15) is 11.1 Å². The van der Waals surface area contributed by atoms with E-state index < -0.39 is 29.7 Å². The highest BCUT2D eigenvalue weighted by atomic mass is 32.1. The number of benzene rings is 1. The molecule has 1 rings (SSSR count). The minimum atomic E-state index is -4.60. The zero-order chi connectivity index (χ0) is 14.8. The summed E-state index contributed by atoms with van der Waals surface area (Å²) in [5.41, 5.74) is 4.09. The molecular formula is C11H11F5N2S. The van der Waals surface area contributed by atoms with Crippen molar-refractivity contribution in [2.75, 3.05) is 18.5 Å². The highest BCUT2D eigenvalue weighted by molar-refractivity contribution is 7.80. The standard InChI is InChI=1S/C11H11F5N2S/c1-18(5-9(12)13)6-2-3-8(11(14,15)16)7(4-6)10(17)19/h2-4,9H,5H2,1H3,(H2,17,19). The Morgan fingerprint density at radius 3 is 2.37 bits per heavy atom. The molecule has 0 bridgehead atoms. The molecule has 0 heterocycles. The fourth-order valence-electron chi connectivity index (χ4n) is 1.53. The Balaban J connectivity index is 3.20. The third-order valence-electron chi connectivity index (χ3n) is 2.43. The molecule has 0 aliphatic carbocycles. The van der Waals surface area contributed by atoms with Crippen molar-refractivity contribution in [1.29, 1.82) is 0 Å². The Morgan fingerprint density at radius 2 is 1.95 bits per heavy atom. The van der Waals surface area contributed by atoms with Gasteiger partial charge in [-0.25, -0.2) is 8.78 Å². The van der Waals surface area contributed by atoms with Crippen molar-refractivity contribution in [3.8, 4) is 0 Å². The Hall–Kier alpha value is -1.44. The molecule has 0 radical (unpaired) electrons. The summed E-state index contributed by atoms with van der Waals surface area (Å²) in [5, 5.41) is 0. The first kappa shape index (κ1) is 15.6. The first-order chi connectivity index (χ1) is 8.62. The van der Waals surface area contributed by atoms with Gasteiger partial charge < -0.3 is 10.6 Å². The third kappa shape index (κ3) is 4.02.